The highest BCUT2D eigenvalue weighted by atomic mass is 16.5. The molecule has 0 fully saturated rings. The molecule has 0 radical (unpaired) electrons. The van der Waals surface area contributed by atoms with Crippen molar-refractivity contribution in [1.82, 2.24) is 15.1 Å². The van der Waals surface area contributed by atoms with E-state index in [1.54, 1.807) is 12.0 Å². The summed E-state index contributed by atoms with van der Waals surface area (Å²) in [6.07, 6.45) is 0. The Balaban J connectivity index is 2.17. The van der Waals surface area contributed by atoms with Gasteiger partial charge in [0, 0.05) is 25.7 Å². The number of benzene rings is 1. The lowest BCUT2D eigenvalue weighted by atomic mass is 10.1. The number of amides is 3. The van der Waals surface area contributed by atoms with Crippen LogP contribution in [-0.4, -0.2) is 54.1 Å². The van der Waals surface area contributed by atoms with Crippen LogP contribution in [-0.2, 0) is 22.6 Å². The van der Waals surface area contributed by atoms with Crippen molar-refractivity contribution in [2.24, 2.45) is 0 Å². The second kappa shape index (κ2) is 10.8. The zero-order valence-corrected chi connectivity index (χ0v) is 18.6. The first kappa shape index (κ1) is 23.5. The fourth-order valence-electron chi connectivity index (χ4n) is 2.91. The Morgan fingerprint density at radius 3 is 2.30 bits per heavy atom. The van der Waals surface area contributed by atoms with Gasteiger partial charge >= 0.3 is 6.03 Å². The van der Waals surface area contributed by atoms with Crippen LogP contribution in [0, 0.1) is 6.92 Å². The molecular formula is C23H33N3O4. The third kappa shape index (κ3) is 7.91. The van der Waals surface area contributed by atoms with Gasteiger partial charge in [-0.15, -0.1) is 0 Å². The van der Waals surface area contributed by atoms with E-state index < -0.39 is 5.54 Å². The maximum Gasteiger partial charge on any atom is 0.318 e. The standard InChI is InChI=1S/C23H33N3O4/c1-18-11-12-20(30-18)16-26(15-19-9-7-6-8-10-19)21(27)17-25(13-14-29-5)22(28)24-23(2,3)4/h6-12H,13-17H2,1-5H3,(H,24,28). The Labute approximate surface area is 179 Å². The molecule has 1 aromatic heterocycles. The molecule has 2 aromatic rings. The zero-order valence-electron chi connectivity index (χ0n) is 18.6. The number of nitrogens with zero attached hydrogens (tertiary/aromatic N) is 2. The van der Waals surface area contributed by atoms with Crippen molar-refractivity contribution in [2.45, 2.75) is 46.3 Å². The maximum atomic E-state index is 13.2. The molecule has 0 aliphatic heterocycles. The number of methoxy groups -OCH3 is 1. The molecule has 0 spiro atoms. The second-order valence-electron chi connectivity index (χ2n) is 8.34. The predicted molar refractivity (Wildman–Crippen MR) is 116 cm³/mol. The molecule has 0 bridgehead atoms. The fourth-order valence-corrected chi connectivity index (χ4v) is 2.91. The lowest BCUT2D eigenvalue weighted by Crippen LogP contribution is -2.52. The quantitative estimate of drug-likeness (QED) is 0.679. The average Bonchev–Trinajstić information content (AvgIpc) is 3.08. The van der Waals surface area contributed by atoms with Gasteiger partial charge in [-0.25, -0.2) is 4.79 Å². The Morgan fingerprint density at radius 1 is 1.03 bits per heavy atom. The van der Waals surface area contributed by atoms with Crippen molar-refractivity contribution in [3.05, 3.63) is 59.5 Å². The van der Waals surface area contributed by atoms with Crippen molar-refractivity contribution in [3.8, 4) is 0 Å². The van der Waals surface area contributed by atoms with E-state index in [1.807, 2.05) is 70.2 Å². The van der Waals surface area contributed by atoms with Crippen LogP contribution in [0.25, 0.3) is 0 Å². The molecule has 0 aliphatic rings. The number of nitrogens with one attached hydrogen (secondary N) is 1. The molecule has 1 heterocycles. The van der Waals surface area contributed by atoms with Crippen molar-refractivity contribution in [3.63, 3.8) is 0 Å². The topological polar surface area (TPSA) is 75.0 Å². The molecule has 1 N–H and O–H groups in total. The normalized spacial score (nSPS) is 11.2. The molecule has 1 aromatic carbocycles. The van der Waals surface area contributed by atoms with Gasteiger partial charge in [0.2, 0.25) is 5.91 Å². The number of carbonyl (C=O) groups is 2. The third-order valence-electron chi connectivity index (χ3n) is 4.37. The first-order valence-corrected chi connectivity index (χ1v) is 10.1. The highest BCUT2D eigenvalue weighted by molar-refractivity contribution is 5.84. The largest absolute Gasteiger partial charge is 0.464 e. The summed E-state index contributed by atoms with van der Waals surface area (Å²) in [4.78, 5) is 29.1. The van der Waals surface area contributed by atoms with Gasteiger partial charge in [0.05, 0.1) is 13.2 Å². The number of carbonyl (C=O) groups excluding carboxylic acids is 2. The van der Waals surface area contributed by atoms with Crippen LogP contribution in [0.15, 0.2) is 46.9 Å². The first-order chi connectivity index (χ1) is 14.2. The molecular weight excluding hydrogens is 382 g/mol. The van der Waals surface area contributed by atoms with Crippen LogP contribution in [0.1, 0.15) is 37.9 Å². The van der Waals surface area contributed by atoms with Crippen LogP contribution in [0.2, 0.25) is 0 Å². The van der Waals surface area contributed by atoms with Gasteiger partial charge in [-0.2, -0.15) is 0 Å². The minimum Gasteiger partial charge on any atom is -0.464 e. The second-order valence-corrected chi connectivity index (χ2v) is 8.34. The smallest absolute Gasteiger partial charge is 0.318 e. The van der Waals surface area contributed by atoms with E-state index in [4.69, 9.17) is 9.15 Å². The molecule has 0 aliphatic carbocycles. The lowest BCUT2D eigenvalue weighted by molar-refractivity contribution is -0.133. The Kier molecular flexibility index (Phi) is 8.47. The van der Waals surface area contributed by atoms with Gasteiger partial charge < -0.3 is 24.3 Å². The van der Waals surface area contributed by atoms with Crippen molar-refractivity contribution >= 4 is 11.9 Å². The molecule has 0 saturated carbocycles. The molecule has 7 heteroatoms. The number of rotatable bonds is 9. The number of aryl methyl sites for hydroxylation is 1. The summed E-state index contributed by atoms with van der Waals surface area (Å²) >= 11 is 0. The van der Waals surface area contributed by atoms with E-state index in [2.05, 4.69) is 5.32 Å². The number of urea groups is 1. The first-order valence-electron chi connectivity index (χ1n) is 10.1. The van der Waals surface area contributed by atoms with Crippen molar-refractivity contribution in [2.75, 3.05) is 26.8 Å². The van der Waals surface area contributed by atoms with Gasteiger partial charge in [0.25, 0.3) is 0 Å². The van der Waals surface area contributed by atoms with E-state index in [0.717, 1.165) is 11.3 Å². The summed E-state index contributed by atoms with van der Waals surface area (Å²) in [6.45, 7) is 8.98. The van der Waals surface area contributed by atoms with E-state index >= 15 is 0 Å². The Morgan fingerprint density at radius 2 is 1.73 bits per heavy atom. The summed E-state index contributed by atoms with van der Waals surface area (Å²) in [6, 6.07) is 13.2. The Hall–Kier alpha value is -2.80. The molecule has 0 unspecified atom stereocenters. The molecule has 30 heavy (non-hydrogen) atoms. The summed E-state index contributed by atoms with van der Waals surface area (Å²) < 4.78 is 10.8. The molecule has 7 nitrogen and oxygen atoms in total. The minimum atomic E-state index is -0.402. The van der Waals surface area contributed by atoms with Gasteiger partial charge in [0.1, 0.15) is 18.1 Å². The van der Waals surface area contributed by atoms with Crippen LogP contribution in [0.5, 0.6) is 0 Å². The average molecular weight is 416 g/mol. The summed E-state index contributed by atoms with van der Waals surface area (Å²) in [5.74, 6) is 1.34. The van der Waals surface area contributed by atoms with Crippen LogP contribution in [0.3, 0.4) is 0 Å². The van der Waals surface area contributed by atoms with Gasteiger partial charge in [-0.1, -0.05) is 30.3 Å². The predicted octanol–water partition coefficient (Wildman–Crippen LogP) is 3.57. The molecule has 0 saturated heterocycles. The highest BCUT2D eigenvalue weighted by Crippen LogP contribution is 2.14. The van der Waals surface area contributed by atoms with Crippen LogP contribution in [0.4, 0.5) is 4.79 Å². The lowest BCUT2D eigenvalue weighted by Gasteiger charge is -2.30. The fraction of sp³-hybridized carbons (Fsp3) is 0.478. The van der Waals surface area contributed by atoms with Crippen molar-refractivity contribution in [1.29, 1.82) is 0 Å². The number of hydrogen-bond donors (Lipinski definition) is 1. The van der Waals surface area contributed by atoms with Crippen LogP contribution < -0.4 is 5.32 Å². The van der Waals surface area contributed by atoms with Crippen molar-refractivity contribution < 1.29 is 18.7 Å². The SMILES string of the molecule is COCCN(CC(=O)N(Cc1ccccc1)Cc1ccc(C)o1)C(=O)NC(C)(C)C. The number of ether oxygens (including phenoxy) is 1. The maximum absolute atomic E-state index is 13.2. The van der Waals surface area contributed by atoms with E-state index in [1.165, 1.54) is 4.90 Å². The monoisotopic (exact) mass is 415 g/mol. The molecule has 0 atom stereocenters. The van der Waals surface area contributed by atoms with E-state index in [0.29, 0.717) is 32.0 Å². The number of furan rings is 1. The summed E-state index contributed by atoms with van der Waals surface area (Å²) in [7, 11) is 1.57. The summed E-state index contributed by atoms with van der Waals surface area (Å²) in [5.41, 5.74) is 0.609. The van der Waals surface area contributed by atoms with Gasteiger partial charge in [-0.3, -0.25) is 4.79 Å². The highest BCUT2D eigenvalue weighted by Gasteiger charge is 2.25. The van der Waals surface area contributed by atoms with E-state index in [-0.39, 0.29) is 18.5 Å². The molecule has 164 valence electrons. The van der Waals surface area contributed by atoms with Gasteiger partial charge in [0.15, 0.2) is 0 Å². The van der Waals surface area contributed by atoms with E-state index in [9.17, 15) is 9.59 Å². The number of hydrogen-bond acceptors (Lipinski definition) is 4. The third-order valence-corrected chi connectivity index (χ3v) is 4.37. The molecule has 3 amide bonds. The van der Waals surface area contributed by atoms with Gasteiger partial charge in [-0.05, 0) is 45.4 Å². The van der Waals surface area contributed by atoms with Crippen LogP contribution >= 0.6 is 0 Å². The zero-order chi connectivity index (χ0) is 22.1. The minimum absolute atomic E-state index is 0.0439. The summed E-state index contributed by atoms with van der Waals surface area (Å²) in [5, 5.41) is 2.92. The Bertz CT molecular complexity index is 811. The molecule has 2 rings (SSSR count).